The summed E-state index contributed by atoms with van der Waals surface area (Å²) in [5.74, 6) is -0.449. The number of ether oxygens (including phenoxy) is 1. The molecule has 0 saturated carbocycles. The lowest BCUT2D eigenvalue weighted by molar-refractivity contribution is -0.138. The van der Waals surface area contributed by atoms with Gasteiger partial charge in [0.1, 0.15) is 4.90 Å². The summed E-state index contributed by atoms with van der Waals surface area (Å²) >= 11 is 0. The van der Waals surface area contributed by atoms with Gasteiger partial charge in [-0.3, -0.25) is 0 Å². The number of alkyl halides is 3. The van der Waals surface area contributed by atoms with Gasteiger partial charge in [-0.15, -0.1) is 0 Å². The first-order valence-electron chi connectivity index (χ1n) is 4.31. The summed E-state index contributed by atoms with van der Waals surface area (Å²) in [4.78, 5) is 2.50. The zero-order valence-electron chi connectivity index (χ0n) is 8.45. The van der Waals surface area contributed by atoms with Crippen molar-refractivity contribution in [3.8, 4) is 5.88 Å². The maximum atomic E-state index is 12.4. The molecule has 1 heterocycles. The van der Waals surface area contributed by atoms with Gasteiger partial charge in [0, 0.05) is 16.9 Å². The van der Waals surface area contributed by atoms with Gasteiger partial charge < -0.3 is 4.74 Å². The molecule has 1 rings (SSSR count). The third-order valence-corrected chi connectivity index (χ3v) is 3.01. The summed E-state index contributed by atoms with van der Waals surface area (Å²) in [6.45, 7) is 1.59. The highest BCUT2D eigenvalue weighted by Gasteiger charge is 2.33. The van der Waals surface area contributed by atoms with Crippen LogP contribution in [-0.2, 0) is 15.2 Å². The minimum Gasteiger partial charge on any atom is -0.477 e. The number of hydrogen-bond acceptors (Lipinski definition) is 4. The van der Waals surface area contributed by atoms with Crippen LogP contribution in [0.4, 0.5) is 13.2 Å². The molecule has 1 aromatic heterocycles. The number of aromatic nitrogens is 1. The molecular weight excluding hydrogens is 283 g/mol. The Morgan fingerprint density at radius 3 is 2.47 bits per heavy atom. The van der Waals surface area contributed by atoms with Gasteiger partial charge in [0.25, 0.3) is 9.05 Å². The van der Waals surface area contributed by atoms with Gasteiger partial charge in [-0.25, -0.2) is 13.4 Å². The normalized spacial score (nSPS) is 12.5. The molecule has 0 spiro atoms. The smallest absolute Gasteiger partial charge is 0.417 e. The van der Waals surface area contributed by atoms with Gasteiger partial charge in [-0.1, -0.05) is 0 Å². The lowest BCUT2D eigenvalue weighted by Crippen LogP contribution is -2.09. The highest BCUT2D eigenvalue weighted by atomic mass is 35.7. The molecule has 17 heavy (non-hydrogen) atoms. The lowest BCUT2D eigenvalue weighted by Gasteiger charge is -2.10. The molecule has 0 radical (unpaired) electrons. The second kappa shape index (κ2) is 4.69. The molecule has 9 heteroatoms. The van der Waals surface area contributed by atoms with Crippen LogP contribution in [0.15, 0.2) is 17.2 Å². The molecule has 0 fully saturated rings. The Balaban J connectivity index is 3.40. The minimum absolute atomic E-state index is 0.0533. The molecule has 96 valence electrons. The van der Waals surface area contributed by atoms with Crippen LogP contribution in [0.3, 0.4) is 0 Å². The van der Waals surface area contributed by atoms with Crippen LogP contribution in [-0.4, -0.2) is 20.0 Å². The first-order chi connectivity index (χ1) is 7.66. The summed E-state index contributed by atoms with van der Waals surface area (Å²) in [6.07, 6.45) is -4.22. The van der Waals surface area contributed by atoms with Crippen molar-refractivity contribution in [2.24, 2.45) is 0 Å². The Kier molecular flexibility index (Phi) is 3.88. The monoisotopic (exact) mass is 289 g/mol. The third kappa shape index (κ3) is 3.47. The molecule has 1 aromatic rings. The van der Waals surface area contributed by atoms with E-state index in [1.807, 2.05) is 0 Å². The van der Waals surface area contributed by atoms with E-state index in [0.29, 0.717) is 12.3 Å². The first-order valence-corrected chi connectivity index (χ1v) is 6.62. The second-order valence-electron chi connectivity index (χ2n) is 2.90. The van der Waals surface area contributed by atoms with Crippen molar-refractivity contribution >= 4 is 19.7 Å². The summed E-state index contributed by atoms with van der Waals surface area (Å²) < 4.78 is 64.0. The Morgan fingerprint density at radius 2 is 2.06 bits per heavy atom. The zero-order valence-corrected chi connectivity index (χ0v) is 10.0. The number of rotatable bonds is 3. The lowest BCUT2D eigenvalue weighted by atomic mass is 10.3. The van der Waals surface area contributed by atoms with Crippen molar-refractivity contribution < 1.29 is 26.3 Å². The van der Waals surface area contributed by atoms with Crippen LogP contribution < -0.4 is 4.74 Å². The highest BCUT2D eigenvalue weighted by molar-refractivity contribution is 8.13. The molecule has 0 aliphatic carbocycles. The summed E-state index contributed by atoms with van der Waals surface area (Å²) in [6, 6.07) is 0.389. The van der Waals surface area contributed by atoms with Crippen molar-refractivity contribution in [3.63, 3.8) is 0 Å². The van der Waals surface area contributed by atoms with Crippen LogP contribution in [0, 0.1) is 0 Å². The van der Waals surface area contributed by atoms with Crippen LogP contribution in [0.1, 0.15) is 12.5 Å². The van der Waals surface area contributed by atoms with E-state index in [0.717, 1.165) is 0 Å². The van der Waals surface area contributed by atoms with Crippen molar-refractivity contribution in [3.05, 3.63) is 17.8 Å². The molecule has 0 amide bonds. The Hall–Kier alpha value is -1.02. The topological polar surface area (TPSA) is 56.3 Å². The van der Waals surface area contributed by atoms with Crippen LogP contribution >= 0.6 is 10.7 Å². The van der Waals surface area contributed by atoms with Gasteiger partial charge in [0.15, 0.2) is 0 Å². The van der Waals surface area contributed by atoms with E-state index in [1.165, 1.54) is 6.92 Å². The van der Waals surface area contributed by atoms with Crippen LogP contribution in [0.2, 0.25) is 0 Å². The quantitative estimate of drug-likeness (QED) is 0.802. The fourth-order valence-corrected chi connectivity index (χ4v) is 1.93. The van der Waals surface area contributed by atoms with Crippen molar-refractivity contribution in [2.75, 3.05) is 6.61 Å². The molecular formula is C8H7ClF3NO3S. The average molecular weight is 290 g/mol. The fraction of sp³-hybridized carbons (Fsp3) is 0.375. The maximum Gasteiger partial charge on any atom is 0.417 e. The van der Waals surface area contributed by atoms with Crippen LogP contribution in [0.25, 0.3) is 0 Å². The first kappa shape index (κ1) is 14.0. The van der Waals surface area contributed by atoms with E-state index in [1.54, 1.807) is 0 Å². The van der Waals surface area contributed by atoms with E-state index < -0.39 is 31.6 Å². The summed E-state index contributed by atoms with van der Waals surface area (Å²) in [7, 11) is 0.653. The van der Waals surface area contributed by atoms with Crippen LogP contribution in [0.5, 0.6) is 5.88 Å². The van der Waals surface area contributed by atoms with Gasteiger partial charge in [-0.05, 0) is 13.0 Å². The van der Waals surface area contributed by atoms with Gasteiger partial charge in [0.2, 0.25) is 5.88 Å². The maximum absolute atomic E-state index is 12.4. The van der Waals surface area contributed by atoms with Crippen molar-refractivity contribution in [1.29, 1.82) is 0 Å². The van der Waals surface area contributed by atoms with Gasteiger partial charge in [-0.2, -0.15) is 13.2 Å². The Morgan fingerprint density at radius 1 is 1.47 bits per heavy atom. The van der Waals surface area contributed by atoms with Crippen molar-refractivity contribution in [2.45, 2.75) is 18.0 Å². The zero-order chi connectivity index (χ0) is 13.3. The summed E-state index contributed by atoms with van der Waals surface area (Å²) in [5, 5.41) is 0. The predicted molar refractivity (Wildman–Crippen MR) is 53.4 cm³/mol. The molecule has 0 bridgehead atoms. The molecule has 0 atom stereocenters. The highest BCUT2D eigenvalue weighted by Crippen LogP contribution is 2.33. The Bertz CT molecular complexity index is 515. The molecule has 0 N–H and O–H groups in total. The van der Waals surface area contributed by atoms with Gasteiger partial charge in [0.05, 0.1) is 12.2 Å². The van der Waals surface area contributed by atoms with E-state index in [9.17, 15) is 21.6 Å². The van der Waals surface area contributed by atoms with E-state index >= 15 is 0 Å². The molecule has 0 unspecified atom stereocenters. The standard InChI is InChI=1S/C8H7ClF3NO3S/c1-2-16-7-6(17(9,14)15)3-5(4-13-7)8(10,11)12/h3-4H,2H2,1H3. The predicted octanol–water partition coefficient (Wildman–Crippen LogP) is 2.43. The number of halogens is 4. The molecule has 4 nitrogen and oxygen atoms in total. The summed E-state index contributed by atoms with van der Waals surface area (Å²) in [5.41, 5.74) is -1.21. The fourth-order valence-electron chi connectivity index (χ4n) is 1.01. The molecule has 0 aliphatic heterocycles. The number of nitrogens with zero attached hydrogens (tertiary/aromatic N) is 1. The molecule has 0 aliphatic rings. The van der Waals surface area contributed by atoms with Gasteiger partial charge >= 0.3 is 6.18 Å². The molecule has 0 aromatic carbocycles. The minimum atomic E-state index is -4.70. The third-order valence-electron chi connectivity index (χ3n) is 1.69. The second-order valence-corrected chi connectivity index (χ2v) is 5.43. The van der Waals surface area contributed by atoms with E-state index in [4.69, 9.17) is 15.4 Å². The largest absolute Gasteiger partial charge is 0.477 e. The molecule has 0 saturated heterocycles. The Labute approximate surface area is 99.8 Å². The average Bonchev–Trinajstić information content (AvgIpc) is 2.15. The number of pyridine rings is 1. The SMILES string of the molecule is CCOc1ncc(C(F)(F)F)cc1S(=O)(=O)Cl. The number of hydrogen-bond donors (Lipinski definition) is 0. The van der Waals surface area contributed by atoms with Crippen molar-refractivity contribution in [1.82, 2.24) is 4.98 Å². The van der Waals surface area contributed by atoms with E-state index in [2.05, 4.69) is 4.98 Å². The van der Waals surface area contributed by atoms with E-state index in [-0.39, 0.29) is 6.61 Å².